The van der Waals surface area contributed by atoms with E-state index in [2.05, 4.69) is 0 Å². The monoisotopic (exact) mass is 312 g/mol. The smallest absolute Gasteiger partial charge is 0.303 e. The molecule has 4 nitrogen and oxygen atoms in total. The summed E-state index contributed by atoms with van der Waals surface area (Å²) in [5.74, 6) is -0.119. The zero-order valence-corrected chi connectivity index (χ0v) is 12.2. The van der Waals surface area contributed by atoms with Gasteiger partial charge in [0.15, 0.2) is 0 Å². The molecule has 20 heavy (non-hydrogen) atoms. The third-order valence-electron chi connectivity index (χ3n) is 2.94. The lowest BCUT2D eigenvalue weighted by Gasteiger charge is -2.32. The molecule has 2 rings (SSSR count). The Hall–Kier alpha value is -1.16. The van der Waals surface area contributed by atoms with Crippen molar-refractivity contribution in [2.24, 2.45) is 0 Å². The molecule has 0 aliphatic heterocycles. The highest BCUT2D eigenvalue weighted by molar-refractivity contribution is 7.46. The van der Waals surface area contributed by atoms with E-state index in [1.807, 2.05) is 12.1 Å². The third kappa shape index (κ3) is 3.29. The predicted octanol–water partition coefficient (Wildman–Crippen LogP) is 3.28. The first-order chi connectivity index (χ1) is 9.48. The average Bonchev–Trinajstić information content (AvgIpc) is 2.46. The lowest BCUT2D eigenvalue weighted by Crippen LogP contribution is -2.32. The molecule has 0 aliphatic carbocycles. The van der Waals surface area contributed by atoms with Crippen LogP contribution in [-0.2, 0) is 14.7 Å². The highest BCUT2D eigenvalue weighted by atomic mass is 35.5. The first kappa shape index (κ1) is 15.2. The van der Waals surface area contributed by atoms with Crippen LogP contribution in [0, 0.1) is 0 Å². The molecule has 0 unspecified atom stereocenters. The number of phosphoric acid groups is 1. The highest BCUT2D eigenvalue weighted by Crippen LogP contribution is 2.49. The second kappa shape index (κ2) is 6.08. The summed E-state index contributed by atoms with van der Waals surface area (Å²) in [7, 11) is -4.72. The lowest BCUT2D eigenvalue weighted by molar-refractivity contribution is 0.0836. The molecule has 2 N–H and O–H groups in total. The molecule has 0 atom stereocenters. The zero-order chi connectivity index (χ0) is 14.6. The molecular weight excluding hydrogens is 299 g/mol. The Balaban J connectivity index is 2.61. The van der Waals surface area contributed by atoms with Crippen LogP contribution in [0.3, 0.4) is 0 Å². The molecule has 0 heterocycles. The van der Waals surface area contributed by atoms with E-state index < -0.39 is 13.4 Å². The third-order valence-corrected chi connectivity index (χ3v) is 3.87. The second-order valence-electron chi connectivity index (χ2n) is 4.27. The standard InChI is InChI=1S/C14H14ClO4P/c15-11-14(19-20(16,17)18,12-7-3-1-4-8-12)13-9-5-2-6-10-13/h1-10H,11H2,(H2,16,17,18). The molecule has 0 spiro atoms. The van der Waals surface area contributed by atoms with Gasteiger partial charge in [-0.25, -0.2) is 4.57 Å². The van der Waals surface area contributed by atoms with Gasteiger partial charge in [0, 0.05) is 0 Å². The molecule has 2 aromatic rings. The van der Waals surface area contributed by atoms with Gasteiger partial charge in [-0.2, -0.15) is 0 Å². The molecule has 0 radical (unpaired) electrons. The van der Waals surface area contributed by atoms with Gasteiger partial charge in [-0.15, -0.1) is 11.6 Å². The first-order valence-corrected chi connectivity index (χ1v) is 7.98. The Labute approximate surface area is 122 Å². The molecule has 2 aromatic carbocycles. The van der Waals surface area contributed by atoms with E-state index in [1.165, 1.54) is 0 Å². The summed E-state index contributed by atoms with van der Waals surface area (Å²) < 4.78 is 16.4. The predicted molar refractivity (Wildman–Crippen MR) is 77.5 cm³/mol. The van der Waals surface area contributed by atoms with Gasteiger partial charge in [-0.3, -0.25) is 4.52 Å². The number of hydrogen-bond acceptors (Lipinski definition) is 2. The van der Waals surface area contributed by atoms with Gasteiger partial charge in [0.1, 0.15) is 5.60 Å². The van der Waals surface area contributed by atoms with E-state index in [-0.39, 0.29) is 5.88 Å². The minimum absolute atomic E-state index is 0.119. The second-order valence-corrected chi connectivity index (χ2v) is 5.71. The van der Waals surface area contributed by atoms with Gasteiger partial charge in [0.2, 0.25) is 0 Å². The van der Waals surface area contributed by atoms with E-state index in [9.17, 15) is 14.4 Å². The molecule has 0 aromatic heterocycles. The number of halogens is 1. The maximum atomic E-state index is 11.4. The van der Waals surface area contributed by atoms with Crippen molar-refractivity contribution >= 4 is 19.4 Å². The SMILES string of the molecule is O=P(O)(O)OC(CCl)(c1ccccc1)c1ccccc1. The van der Waals surface area contributed by atoms with Crippen LogP contribution in [0.4, 0.5) is 0 Å². The van der Waals surface area contributed by atoms with Gasteiger partial charge in [0.25, 0.3) is 0 Å². The fourth-order valence-electron chi connectivity index (χ4n) is 2.07. The Bertz CT molecular complexity index is 558. The van der Waals surface area contributed by atoms with Crippen LogP contribution in [0.15, 0.2) is 60.7 Å². The molecule has 0 aliphatic rings. The Morgan fingerprint density at radius 3 is 1.65 bits per heavy atom. The molecule has 106 valence electrons. The number of rotatable bonds is 5. The van der Waals surface area contributed by atoms with E-state index >= 15 is 0 Å². The number of hydrogen-bond donors (Lipinski definition) is 2. The van der Waals surface area contributed by atoms with E-state index in [4.69, 9.17) is 16.1 Å². The summed E-state index contributed by atoms with van der Waals surface area (Å²) >= 11 is 6.03. The molecular formula is C14H14ClO4P. The summed E-state index contributed by atoms with van der Waals surface area (Å²) in [6.45, 7) is 0. The fraction of sp³-hybridized carbons (Fsp3) is 0.143. The van der Waals surface area contributed by atoms with Crippen LogP contribution in [0.1, 0.15) is 11.1 Å². The van der Waals surface area contributed by atoms with E-state index in [1.54, 1.807) is 48.5 Å². The largest absolute Gasteiger partial charge is 0.470 e. The van der Waals surface area contributed by atoms with Crippen molar-refractivity contribution in [3.05, 3.63) is 71.8 Å². The van der Waals surface area contributed by atoms with Gasteiger partial charge in [0.05, 0.1) is 5.88 Å². The van der Waals surface area contributed by atoms with Crippen molar-refractivity contribution in [1.82, 2.24) is 0 Å². The van der Waals surface area contributed by atoms with Crippen LogP contribution in [0.5, 0.6) is 0 Å². The zero-order valence-electron chi connectivity index (χ0n) is 10.5. The maximum absolute atomic E-state index is 11.4. The molecule has 0 bridgehead atoms. The topological polar surface area (TPSA) is 66.8 Å². The molecule has 0 amide bonds. The number of alkyl halides is 1. The molecule has 0 fully saturated rings. The van der Waals surface area contributed by atoms with Crippen LogP contribution >= 0.6 is 19.4 Å². The summed E-state index contributed by atoms with van der Waals surface area (Å²) in [6, 6.07) is 17.6. The minimum Gasteiger partial charge on any atom is -0.303 e. The van der Waals surface area contributed by atoms with Crippen LogP contribution in [0.2, 0.25) is 0 Å². The van der Waals surface area contributed by atoms with Crippen LogP contribution < -0.4 is 0 Å². The number of phosphoric ester groups is 1. The average molecular weight is 313 g/mol. The summed E-state index contributed by atoms with van der Waals surface area (Å²) in [6.07, 6.45) is 0. The van der Waals surface area contributed by atoms with Crippen LogP contribution in [0.25, 0.3) is 0 Å². The Kier molecular flexibility index (Phi) is 4.63. The minimum atomic E-state index is -4.72. The maximum Gasteiger partial charge on any atom is 0.470 e. The van der Waals surface area contributed by atoms with E-state index in [0.29, 0.717) is 11.1 Å². The number of benzene rings is 2. The molecule has 6 heteroatoms. The quantitative estimate of drug-likeness (QED) is 0.657. The van der Waals surface area contributed by atoms with Gasteiger partial charge >= 0.3 is 7.82 Å². The van der Waals surface area contributed by atoms with Gasteiger partial charge in [-0.05, 0) is 11.1 Å². The van der Waals surface area contributed by atoms with Crippen molar-refractivity contribution in [1.29, 1.82) is 0 Å². The van der Waals surface area contributed by atoms with Gasteiger partial charge in [-0.1, -0.05) is 60.7 Å². The van der Waals surface area contributed by atoms with Crippen molar-refractivity contribution < 1.29 is 18.9 Å². The van der Waals surface area contributed by atoms with Crippen molar-refractivity contribution in [2.75, 3.05) is 5.88 Å². The van der Waals surface area contributed by atoms with E-state index in [0.717, 1.165) is 0 Å². The highest BCUT2D eigenvalue weighted by Gasteiger charge is 2.40. The first-order valence-electron chi connectivity index (χ1n) is 5.91. The Morgan fingerprint density at radius 2 is 1.35 bits per heavy atom. The summed E-state index contributed by atoms with van der Waals surface area (Å²) in [5.41, 5.74) is -0.211. The normalized spacial score (nSPS) is 12.3. The fourth-order valence-corrected chi connectivity index (χ4v) is 3.19. The Morgan fingerprint density at radius 1 is 0.950 bits per heavy atom. The van der Waals surface area contributed by atoms with Crippen molar-refractivity contribution in [2.45, 2.75) is 5.60 Å². The van der Waals surface area contributed by atoms with Gasteiger partial charge < -0.3 is 9.79 Å². The summed E-state index contributed by atoms with van der Waals surface area (Å²) in [4.78, 5) is 18.5. The van der Waals surface area contributed by atoms with Crippen molar-refractivity contribution in [3.63, 3.8) is 0 Å². The van der Waals surface area contributed by atoms with Crippen molar-refractivity contribution in [3.8, 4) is 0 Å². The lowest BCUT2D eigenvalue weighted by atomic mass is 9.88. The molecule has 0 saturated heterocycles. The van der Waals surface area contributed by atoms with Crippen LogP contribution in [-0.4, -0.2) is 15.7 Å². The summed E-state index contributed by atoms with van der Waals surface area (Å²) in [5, 5.41) is 0. The molecule has 0 saturated carbocycles.